The predicted octanol–water partition coefficient (Wildman–Crippen LogP) is 2.07. The van der Waals surface area contributed by atoms with Crippen molar-refractivity contribution in [1.29, 1.82) is 0 Å². The molecule has 1 rings (SSSR count). The van der Waals surface area contributed by atoms with E-state index in [1.807, 2.05) is 0 Å². The van der Waals surface area contributed by atoms with Gasteiger partial charge in [0.25, 0.3) is 0 Å². The van der Waals surface area contributed by atoms with Crippen LogP contribution in [0, 0.1) is 11.6 Å². The monoisotopic (exact) mass is 329 g/mol. The maximum atomic E-state index is 13.5. The lowest BCUT2D eigenvalue weighted by molar-refractivity contribution is 0.0689. The van der Waals surface area contributed by atoms with E-state index >= 15 is 0 Å². The van der Waals surface area contributed by atoms with Crippen molar-refractivity contribution < 1.29 is 18.3 Å². The van der Waals surface area contributed by atoms with E-state index in [1.54, 1.807) is 14.2 Å². The quantitative estimate of drug-likeness (QED) is 0.392. The highest BCUT2D eigenvalue weighted by atomic mass is 19.1. The van der Waals surface area contributed by atoms with Gasteiger partial charge in [0.05, 0.1) is 13.2 Å². The average Bonchev–Trinajstić information content (AvgIpc) is 2.55. The molecule has 7 heteroatoms. The van der Waals surface area contributed by atoms with Gasteiger partial charge in [0, 0.05) is 39.4 Å². The summed E-state index contributed by atoms with van der Waals surface area (Å²) in [6.45, 7) is 2.78. The third-order valence-electron chi connectivity index (χ3n) is 3.12. The number of nitrogens with zero attached hydrogens (tertiary/aromatic N) is 1. The van der Waals surface area contributed by atoms with Crippen molar-refractivity contribution in [2.45, 2.75) is 19.4 Å². The molecule has 0 spiro atoms. The summed E-state index contributed by atoms with van der Waals surface area (Å²) in [7, 11) is 3.27. The molecule has 0 aliphatic rings. The molecule has 1 aromatic carbocycles. The Balaban J connectivity index is 2.18. The zero-order valence-electron chi connectivity index (χ0n) is 13.7. The first-order valence-corrected chi connectivity index (χ1v) is 7.62. The van der Waals surface area contributed by atoms with Crippen molar-refractivity contribution in [1.82, 2.24) is 10.6 Å². The first-order chi connectivity index (χ1) is 11.2. The van der Waals surface area contributed by atoms with Gasteiger partial charge in [0.1, 0.15) is 11.6 Å². The second kappa shape index (κ2) is 11.8. The van der Waals surface area contributed by atoms with Crippen molar-refractivity contribution in [2.75, 3.05) is 40.5 Å². The van der Waals surface area contributed by atoms with E-state index in [1.165, 1.54) is 6.07 Å². The molecule has 23 heavy (non-hydrogen) atoms. The minimum atomic E-state index is -0.459. The van der Waals surface area contributed by atoms with Crippen molar-refractivity contribution >= 4 is 5.96 Å². The maximum absolute atomic E-state index is 13.5. The van der Waals surface area contributed by atoms with Crippen LogP contribution in [0.15, 0.2) is 23.2 Å². The van der Waals surface area contributed by atoms with E-state index in [0.717, 1.165) is 31.5 Å². The second-order valence-corrected chi connectivity index (χ2v) is 4.90. The van der Waals surface area contributed by atoms with Crippen LogP contribution in [0.25, 0.3) is 0 Å². The fourth-order valence-corrected chi connectivity index (χ4v) is 1.86. The number of aliphatic imine (C=N–C) groups is 1. The summed E-state index contributed by atoms with van der Waals surface area (Å²) in [5.41, 5.74) is 0.263. The Bertz CT molecular complexity index is 484. The largest absolute Gasteiger partial charge is 0.382 e. The van der Waals surface area contributed by atoms with Gasteiger partial charge in [-0.25, -0.2) is 8.78 Å². The number of halogens is 2. The number of benzene rings is 1. The fourth-order valence-electron chi connectivity index (χ4n) is 1.86. The van der Waals surface area contributed by atoms with E-state index in [-0.39, 0.29) is 12.1 Å². The molecule has 0 saturated heterocycles. The number of hydrogen-bond donors (Lipinski definition) is 2. The smallest absolute Gasteiger partial charge is 0.191 e. The lowest BCUT2D eigenvalue weighted by Gasteiger charge is -2.12. The van der Waals surface area contributed by atoms with Gasteiger partial charge in [-0.2, -0.15) is 0 Å². The first kappa shape index (κ1) is 19.3. The third kappa shape index (κ3) is 8.47. The Labute approximate surface area is 136 Å². The van der Waals surface area contributed by atoms with E-state index < -0.39 is 11.6 Å². The molecule has 0 heterocycles. The SMILES string of the molecule is CN=C(NCCCCOCCOC)NCc1cc(F)ccc1F. The molecule has 0 radical (unpaired) electrons. The molecule has 2 N–H and O–H groups in total. The molecule has 0 atom stereocenters. The summed E-state index contributed by atoms with van der Waals surface area (Å²) in [6.07, 6.45) is 1.84. The maximum Gasteiger partial charge on any atom is 0.191 e. The highest BCUT2D eigenvalue weighted by Gasteiger charge is 2.05. The van der Waals surface area contributed by atoms with Crippen LogP contribution in [0.5, 0.6) is 0 Å². The number of nitrogens with one attached hydrogen (secondary N) is 2. The van der Waals surface area contributed by atoms with Crippen LogP contribution in [-0.2, 0) is 16.0 Å². The Kier molecular flexibility index (Phi) is 9.90. The van der Waals surface area contributed by atoms with Gasteiger partial charge in [0.15, 0.2) is 5.96 Å². The predicted molar refractivity (Wildman–Crippen MR) is 86.5 cm³/mol. The molecular weight excluding hydrogens is 304 g/mol. The molecule has 0 unspecified atom stereocenters. The first-order valence-electron chi connectivity index (χ1n) is 7.62. The van der Waals surface area contributed by atoms with Crippen LogP contribution in [0.3, 0.4) is 0 Å². The summed E-state index contributed by atoms with van der Waals surface area (Å²) >= 11 is 0. The van der Waals surface area contributed by atoms with Gasteiger partial charge in [0.2, 0.25) is 0 Å². The highest BCUT2D eigenvalue weighted by molar-refractivity contribution is 5.79. The molecule has 1 aromatic rings. The van der Waals surface area contributed by atoms with Gasteiger partial charge in [-0.3, -0.25) is 4.99 Å². The van der Waals surface area contributed by atoms with Gasteiger partial charge in [-0.1, -0.05) is 0 Å². The number of ether oxygens (including phenoxy) is 2. The van der Waals surface area contributed by atoms with Crippen LogP contribution in [-0.4, -0.2) is 46.5 Å². The van der Waals surface area contributed by atoms with E-state index in [9.17, 15) is 8.78 Å². The Hall–Kier alpha value is -1.73. The number of guanidine groups is 1. The Morgan fingerprint density at radius 1 is 1.13 bits per heavy atom. The zero-order chi connectivity index (χ0) is 16.9. The van der Waals surface area contributed by atoms with Crippen molar-refractivity contribution in [3.63, 3.8) is 0 Å². The number of hydrogen-bond acceptors (Lipinski definition) is 3. The standard InChI is InChI=1S/C16H25F2N3O2/c1-19-16(20-7-3-4-8-23-10-9-22-2)21-12-13-11-14(17)5-6-15(13)18/h5-6,11H,3-4,7-10,12H2,1-2H3,(H2,19,20,21). The molecule has 0 bridgehead atoms. The third-order valence-corrected chi connectivity index (χ3v) is 3.12. The number of unbranched alkanes of at least 4 members (excludes halogenated alkanes) is 1. The summed E-state index contributed by atoms with van der Waals surface area (Å²) in [5, 5.41) is 6.08. The van der Waals surface area contributed by atoms with E-state index in [0.29, 0.717) is 25.8 Å². The van der Waals surface area contributed by atoms with Gasteiger partial charge in [-0.05, 0) is 31.0 Å². The molecule has 0 aliphatic carbocycles. The lowest BCUT2D eigenvalue weighted by atomic mass is 10.2. The molecule has 0 aliphatic heterocycles. The van der Waals surface area contributed by atoms with Crippen molar-refractivity contribution in [3.05, 3.63) is 35.4 Å². The van der Waals surface area contributed by atoms with Gasteiger partial charge in [-0.15, -0.1) is 0 Å². The van der Waals surface area contributed by atoms with Crippen LogP contribution in [0.2, 0.25) is 0 Å². The van der Waals surface area contributed by atoms with Crippen LogP contribution in [0.4, 0.5) is 8.78 Å². The molecular formula is C16H25F2N3O2. The summed E-state index contributed by atoms with van der Waals surface area (Å²) in [4.78, 5) is 4.04. The van der Waals surface area contributed by atoms with Gasteiger partial charge < -0.3 is 20.1 Å². The normalized spacial score (nSPS) is 11.6. The minimum absolute atomic E-state index is 0.170. The average molecular weight is 329 g/mol. The molecule has 130 valence electrons. The molecule has 0 amide bonds. The fraction of sp³-hybridized carbons (Fsp3) is 0.562. The molecule has 0 aromatic heterocycles. The summed E-state index contributed by atoms with van der Waals surface area (Å²) in [6, 6.07) is 3.39. The van der Waals surface area contributed by atoms with Gasteiger partial charge >= 0.3 is 0 Å². The molecule has 0 fully saturated rings. The lowest BCUT2D eigenvalue weighted by Crippen LogP contribution is -2.37. The second-order valence-electron chi connectivity index (χ2n) is 4.90. The minimum Gasteiger partial charge on any atom is -0.382 e. The van der Waals surface area contributed by atoms with Crippen LogP contribution < -0.4 is 10.6 Å². The number of methoxy groups -OCH3 is 1. The van der Waals surface area contributed by atoms with E-state index in [2.05, 4.69) is 15.6 Å². The van der Waals surface area contributed by atoms with Crippen LogP contribution in [0.1, 0.15) is 18.4 Å². The number of rotatable bonds is 10. The molecule has 5 nitrogen and oxygen atoms in total. The Morgan fingerprint density at radius 3 is 2.70 bits per heavy atom. The Morgan fingerprint density at radius 2 is 1.96 bits per heavy atom. The highest BCUT2D eigenvalue weighted by Crippen LogP contribution is 2.08. The zero-order valence-corrected chi connectivity index (χ0v) is 13.7. The van der Waals surface area contributed by atoms with Crippen molar-refractivity contribution in [3.8, 4) is 0 Å². The van der Waals surface area contributed by atoms with Crippen LogP contribution >= 0.6 is 0 Å². The molecule has 0 saturated carbocycles. The topological polar surface area (TPSA) is 54.9 Å². The van der Waals surface area contributed by atoms with Crippen molar-refractivity contribution in [2.24, 2.45) is 4.99 Å². The summed E-state index contributed by atoms with van der Waals surface area (Å²) < 4.78 is 36.9. The summed E-state index contributed by atoms with van der Waals surface area (Å²) in [5.74, 6) is -0.351. The van der Waals surface area contributed by atoms with E-state index in [4.69, 9.17) is 9.47 Å².